The lowest BCUT2D eigenvalue weighted by molar-refractivity contribution is -0.116. The lowest BCUT2D eigenvalue weighted by Crippen LogP contribution is -2.22. The van der Waals surface area contributed by atoms with Gasteiger partial charge in [0.25, 0.3) is 0 Å². The summed E-state index contributed by atoms with van der Waals surface area (Å²) in [7, 11) is 3.12. The zero-order chi connectivity index (χ0) is 22.9. The molecule has 0 radical (unpaired) electrons. The van der Waals surface area contributed by atoms with E-state index < -0.39 is 0 Å². The molecule has 6 nitrogen and oxygen atoms in total. The second-order valence-electron chi connectivity index (χ2n) is 7.09. The SMILES string of the molecule is COc1cc(NC(=O)C(C)Sc2cccc(NC(=O)Cc3ccccc3)c2)cc(OC)c1. The summed E-state index contributed by atoms with van der Waals surface area (Å²) < 4.78 is 10.5. The maximum absolute atomic E-state index is 12.7. The van der Waals surface area contributed by atoms with E-state index in [9.17, 15) is 9.59 Å². The molecule has 2 N–H and O–H groups in total. The summed E-state index contributed by atoms with van der Waals surface area (Å²) in [5.41, 5.74) is 2.25. The Bertz CT molecular complexity index is 1050. The van der Waals surface area contributed by atoms with Gasteiger partial charge in [0.2, 0.25) is 11.8 Å². The van der Waals surface area contributed by atoms with Crippen molar-refractivity contribution in [1.29, 1.82) is 0 Å². The van der Waals surface area contributed by atoms with Crippen molar-refractivity contribution in [3.8, 4) is 11.5 Å². The standard InChI is InChI=1S/C25H26N2O4S/c1-17(25(29)27-20-13-21(30-2)16-22(14-20)31-3)32-23-11-7-10-19(15-23)26-24(28)12-18-8-5-4-6-9-18/h4-11,13-17H,12H2,1-3H3,(H,26,28)(H,27,29). The quantitative estimate of drug-likeness (QED) is 0.449. The van der Waals surface area contributed by atoms with Crippen molar-refractivity contribution in [2.45, 2.75) is 23.5 Å². The minimum absolute atomic E-state index is 0.0869. The highest BCUT2D eigenvalue weighted by atomic mass is 32.2. The van der Waals surface area contributed by atoms with E-state index in [0.717, 1.165) is 10.5 Å². The Hall–Kier alpha value is -3.45. The minimum atomic E-state index is -0.359. The first-order chi connectivity index (χ1) is 15.5. The van der Waals surface area contributed by atoms with Crippen molar-refractivity contribution in [1.82, 2.24) is 0 Å². The van der Waals surface area contributed by atoms with Crippen molar-refractivity contribution in [3.63, 3.8) is 0 Å². The predicted molar refractivity (Wildman–Crippen MR) is 129 cm³/mol. The van der Waals surface area contributed by atoms with Gasteiger partial charge >= 0.3 is 0 Å². The molecule has 1 unspecified atom stereocenters. The van der Waals surface area contributed by atoms with E-state index in [1.54, 1.807) is 32.4 Å². The van der Waals surface area contributed by atoms with E-state index in [1.807, 2.05) is 61.5 Å². The zero-order valence-electron chi connectivity index (χ0n) is 18.3. The van der Waals surface area contributed by atoms with Crippen LogP contribution in [0.5, 0.6) is 11.5 Å². The molecular formula is C25H26N2O4S. The van der Waals surface area contributed by atoms with Gasteiger partial charge in [0.1, 0.15) is 11.5 Å². The fraction of sp³-hybridized carbons (Fsp3) is 0.200. The smallest absolute Gasteiger partial charge is 0.237 e. The average Bonchev–Trinajstić information content (AvgIpc) is 2.79. The van der Waals surface area contributed by atoms with E-state index in [1.165, 1.54) is 11.8 Å². The second kappa shape index (κ2) is 11.2. The molecule has 32 heavy (non-hydrogen) atoms. The van der Waals surface area contributed by atoms with Gasteiger partial charge in [-0.15, -0.1) is 11.8 Å². The maximum Gasteiger partial charge on any atom is 0.237 e. The number of methoxy groups -OCH3 is 2. The fourth-order valence-electron chi connectivity index (χ4n) is 3.01. The first-order valence-corrected chi connectivity index (χ1v) is 11.0. The van der Waals surface area contributed by atoms with Gasteiger partial charge in [0, 0.05) is 34.5 Å². The van der Waals surface area contributed by atoms with Crippen LogP contribution in [0, 0.1) is 0 Å². The number of anilines is 2. The van der Waals surface area contributed by atoms with Crippen LogP contribution >= 0.6 is 11.8 Å². The molecule has 7 heteroatoms. The third-order valence-corrected chi connectivity index (χ3v) is 5.72. The molecule has 0 aromatic heterocycles. The number of rotatable bonds is 9. The molecule has 2 amide bonds. The zero-order valence-corrected chi connectivity index (χ0v) is 19.1. The number of ether oxygens (including phenoxy) is 2. The third kappa shape index (κ3) is 6.78. The highest BCUT2D eigenvalue weighted by Gasteiger charge is 2.16. The Morgan fingerprint density at radius 2 is 1.53 bits per heavy atom. The topological polar surface area (TPSA) is 76.7 Å². The van der Waals surface area contributed by atoms with Crippen molar-refractivity contribution >= 4 is 35.0 Å². The Morgan fingerprint density at radius 1 is 0.844 bits per heavy atom. The van der Waals surface area contributed by atoms with Gasteiger partial charge in [0.15, 0.2) is 0 Å². The van der Waals surface area contributed by atoms with Crippen LogP contribution in [0.1, 0.15) is 12.5 Å². The summed E-state index contributed by atoms with van der Waals surface area (Å²) in [4.78, 5) is 25.9. The average molecular weight is 451 g/mol. The van der Waals surface area contributed by atoms with Crippen LogP contribution in [0.3, 0.4) is 0 Å². The lowest BCUT2D eigenvalue weighted by Gasteiger charge is -2.14. The fourth-order valence-corrected chi connectivity index (χ4v) is 3.94. The third-order valence-electron chi connectivity index (χ3n) is 4.63. The Kier molecular flexibility index (Phi) is 8.16. The number of nitrogens with one attached hydrogen (secondary N) is 2. The van der Waals surface area contributed by atoms with Crippen LogP contribution in [-0.4, -0.2) is 31.3 Å². The Morgan fingerprint density at radius 3 is 2.19 bits per heavy atom. The number of carbonyl (C=O) groups is 2. The Labute approximate surface area is 192 Å². The molecule has 0 spiro atoms. The second-order valence-corrected chi connectivity index (χ2v) is 8.50. The summed E-state index contributed by atoms with van der Waals surface area (Å²) >= 11 is 1.41. The molecular weight excluding hydrogens is 424 g/mol. The van der Waals surface area contributed by atoms with E-state index in [4.69, 9.17) is 9.47 Å². The predicted octanol–water partition coefficient (Wildman–Crippen LogP) is 5.00. The van der Waals surface area contributed by atoms with Crippen molar-refractivity contribution in [3.05, 3.63) is 78.4 Å². The first-order valence-electron chi connectivity index (χ1n) is 10.1. The van der Waals surface area contributed by atoms with Crippen LogP contribution in [0.15, 0.2) is 77.7 Å². The molecule has 0 bridgehead atoms. The number of amides is 2. The lowest BCUT2D eigenvalue weighted by atomic mass is 10.1. The van der Waals surface area contributed by atoms with Crippen LogP contribution in [0.25, 0.3) is 0 Å². The minimum Gasteiger partial charge on any atom is -0.497 e. The molecule has 0 heterocycles. The highest BCUT2D eigenvalue weighted by molar-refractivity contribution is 8.00. The van der Waals surface area contributed by atoms with Crippen molar-refractivity contribution < 1.29 is 19.1 Å². The molecule has 1 atom stereocenters. The van der Waals surface area contributed by atoms with Crippen LogP contribution in [0.2, 0.25) is 0 Å². The molecule has 3 aromatic rings. The molecule has 0 saturated carbocycles. The van der Waals surface area contributed by atoms with Crippen LogP contribution < -0.4 is 20.1 Å². The van der Waals surface area contributed by atoms with Crippen molar-refractivity contribution in [2.75, 3.05) is 24.9 Å². The van der Waals surface area contributed by atoms with Gasteiger partial charge < -0.3 is 20.1 Å². The number of hydrogen-bond donors (Lipinski definition) is 2. The monoisotopic (exact) mass is 450 g/mol. The summed E-state index contributed by atoms with van der Waals surface area (Å²) in [6.45, 7) is 1.83. The maximum atomic E-state index is 12.7. The molecule has 0 aliphatic carbocycles. The van der Waals surface area contributed by atoms with E-state index in [0.29, 0.717) is 29.3 Å². The van der Waals surface area contributed by atoms with Gasteiger partial charge in [-0.1, -0.05) is 36.4 Å². The summed E-state index contributed by atoms with van der Waals surface area (Å²) in [6, 6.07) is 22.3. The van der Waals surface area contributed by atoms with Gasteiger partial charge in [-0.05, 0) is 30.7 Å². The summed E-state index contributed by atoms with van der Waals surface area (Å²) in [5, 5.41) is 5.45. The molecule has 0 saturated heterocycles. The molecule has 0 aliphatic rings. The van der Waals surface area contributed by atoms with Crippen molar-refractivity contribution in [2.24, 2.45) is 0 Å². The summed E-state index contributed by atoms with van der Waals surface area (Å²) in [5.74, 6) is 0.956. The number of hydrogen-bond acceptors (Lipinski definition) is 5. The van der Waals surface area contributed by atoms with Gasteiger partial charge in [0.05, 0.1) is 25.9 Å². The largest absolute Gasteiger partial charge is 0.497 e. The van der Waals surface area contributed by atoms with E-state index in [-0.39, 0.29) is 17.1 Å². The van der Waals surface area contributed by atoms with Crippen LogP contribution in [0.4, 0.5) is 11.4 Å². The number of carbonyl (C=O) groups excluding carboxylic acids is 2. The van der Waals surface area contributed by atoms with Gasteiger partial charge in [-0.2, -0.15) is 0 Å². The number of benzene rings is 3. The first kappa shape index (κ1) is 23.2. The van der Waals surface area contributed by atoms with E-state index >= 15 is 0 Å². The molecule has 0 fully saturated rings. The molecule has 166 valence electrons. The van der Waals surface area contributed by atoms with Crippen LogP contribution in [-0.2, 0) is 16.0 Å². The number of thioether (sulfide) groups is 1. The van der Waals surface area contributed by atoms with Gasteiger partial charge in [-0.3, -0.25) is 9.59 Å². The summed E-state index contributed by atoms with van der Waals surface area (Å²) in [6.07, 6.45) is 0.307. The normalized spacial score (nSPS) is 11.3. The molecule has 0 aliphatic heterocycles. The van der Waals surface area contributed by atoms with E-state index in [2.05, 4.69) is 10.6 Å². The molecule has 3 aromatic carbocycles. The highest BCUT2D eigenvalue weighted by Crippen LogP contribution is 2.29. The van der Waals surface area contributed by atoms with Gasteiger partial charge in [-0.25, -0.2) is 0 Å². The Balaban J connectivity index is 1.59. The molecule has 3 rings (SSSR count).